The van der Waals surface area contributed by atoms with E-state index in [0.29, 0.717) is 5.13 Å². The largest absolute Gasteiger partial charge is 0.497 e. The van der Waals surface area contributed by atoms with Crippen molar-refractivity contribution in [1.82, 2.24) is 4.98 Å². The molecule has 0 aliphatic heterocycles. The Morgan fingerprint density at radius 1 is 1.17 bits per heavy atom. The maximum atomic E-state index is 12.3. The Labute approximate surface area is 173 Å². The lowest BCUT2D eigenvalue weighted by molar-refractivity contribution is -0.137. The molecule has 1 aromatic heterocycles. The van der Waals surface area contributed by atoms with E-state index in [-0.39, 0.29) is 6.07 Å². The van der Waals surface area contributed by atoms with E-state index in [1.54, 1.807) is 7.11 Å². The summed E-state index contributed by atoms with van der Waals surface area (Å²) >= 11 is 6.68. The van der Waals surface area contributed by atoms with Gasteiger partial charge in [-0.2, -0.15) is 21.6 Å². The third-order valence-corrected chi connectivity index (χ3v) is 5.30. The maximum Gasteiger partial charge on any atom is 0.417 e. The first-order valence-corrected chi connectivity index (χ1v) is 10.3. The molecule has 2 aromatic carbocycles. The molecule has 0 aliphatic carbocycles. The van der Waals surface area contributed by atoms with Crippen molar-refractivity contribution < 1.29 is 30.9 Å². The van der Waals surface area contributed by atoms with Gasteiger partial charge in [-0.05, 0) is 42.5 Å². The molecule has 6 nitrogen and oxygen atoms in total. The quantitative estimate of drug-likeness (QED) is 0.526. The van der Waals surface area contributed by atoms with Crippen LogP contribution in [0.3, 0.4) is 0 Å². The number of hydrogen-bond acceptors (Lipinski definition) is 6. The highest BCUT2D eigenvalue weighted by atomic mass is 35.5. The Kier molecular flexibility index (Phi) is 7.11. The summed E-state index contributed by atoms with van der Waals surface area (Å²) in [5.74, 6) is 0.844. The smallest absolute Gasteiger partial charge is 0.417 e. The van der Waals surface area contributed by atoms with Gasteiger partial charge >= 0.3 is 6.18 Å². The van der Waals surface area contributed by atoms with E-state index in [9.17, 15) is 21.6 Å². The lowest BCUT2D eigenvalue weighted by Gasteiger charge is -2.09. The molecular formula is C17H14ClF3N2O4S2. The molecule has 29 heavy (non-hydrogen) atoms. The van der Waals surface area contributed by atoms with Gasteiger partial charge < -0.3 is 10.5 Å². The fraction of sp³-hybridized carbons (Fsp3) is 0.118. The molecule has 0 atom stereocenters. The Morgan fingerprint density at radius 2 is 1.79 bits per heavy atom. The molecule has 156 valence electrons. The Balaban J connectivity index is 0.000000207. The first-order valence-electron chi connectivity index (χ1n) is 7.61. The van der Waals surface area contributed by atoms with Crippen LogP contribution in [0.1, 0.15) is 5.56 Å². The van der Waals surface area contributed by atoms with Crippen molar-refractivity contribution in [3.05, 3.63) is 58.4 Å². The van der Waals surface area contributed by atoms with Crippen LogP contribution in [0.4, 0.5) is 18.3 Å². The van der Waals surface area contributed by atoms with E-state index < -0.39 is 31.8 Å². The highest BCUT2D eigenvalue weighted by Gasteiger charge is 2.34. The average molecular weight is 467 g/mol. The van der Waals surface area contributed by atoms with Gasteiger partial charge in [-0.3, -0.25) is 4.55 Å². The van der Waals surface area contributed by atoms with Crippen LogP contribution in [-0.4, -0.2) is 25.1 Å². The van der Waals surface area contributed by atoms with E-state index >= 15 is 0 Å². The molecule has 1 heterocycles. The highest BCUT2D eigenvalue weighted by Crippen LogP contribution is 2.35. The predicted octanol–water partition coefficient (Wildman–Crippen LogP) is 5.01. The van der Waals surface area contributed by atoms with Gasteiger partial charge in [0, 0.05) is 10.9 Å². The fourth-order valence-corrected chi connectivity index (χ4v) is 3.37. The third-order valence-electron chi connectivity index (χ3n) is 3.45. The Bertz CT molecular complexity index is 1080. The number of ether oxygens (including phenoxy) is 1. The SMILES string of the molecule is COc1ccc(-c2csc(N)n2)cc1.O=S(=O)(O)c1ccc(Cl)c(C(F)(F)F)c1. The molecule has 0 amide bonds. The number of benzene rings is 2. The van der Waals surface area contributed by atoms with Crippen LogP contribution in [0.5, 0.6) is 5.75 Å². The molecule has 0 bridgehead atoms. The highest BCUT2D eigenvalue weighted by molar-refractivity contribution is 7.85. The van der Waals surface area contributed by atoms with E-state index in [1.165, 1.54) is 11.3 Å². The zero-order valence-electron chi connectivity index (χ0n) is 14.6. The minimum Gasteiger partial charge on any atom is -0.497 e. The summed E-state index contributed by atoms with van der Waals surface area (Å²) in [5, 5.41) is 1.91. The number of halogens is 4. The van der Waals surface area contributed by atoms with Crippen LogP contribution in [0.2, 0.25) is 5.02 Å². The van der Waals surface area contributed by atoms with Gasteiger partial charge in [-0.15, -0.1) is 11.3 Å². The van der Waals surface area contributed by atoms with Gasteiger partial charge in [0.1, 0.15) is 5.75 Å². The topological polar surface area (TPSA) is 103 Å². The van der Waals surface area contributed by atoms with E-state index in [4.69, 9.17) is 26.6 Å². The number of nitrogens with two attached hydrogens (primary N) is 1. The summed E-state index contributed by atoms with van der Waals surface area (Å²) in [4.78, 5) is 3.34. The molecular weight excluding hydrogens is 453 g/mol. The van der Waals surface area contributed by atoms with Gasteiger partial charge in [-0.25, -0.2) is 4.98 Å². The lowest BCUT2D eigenvalue weighted by atomic mass is 10.2. The fourth-order valence-electron chi connectivity index (χ4n) is 2.06. The number of alkyl halides is 3. The Hall–Kier alpha value is -2.34. The normalized spacial score (nSPS) is 11.5. The number of hydrogen-bond donors (Lipinski definition) is 2. The van der Waals surface area contributed by atoms with Crippen molar-refractivity contribution in [3.8, 4) is 17.0 Å². The number of thiazole rings is 1. The van der Waals surface area contributed by atoms with Gasteiger partial charge in [0.25, 0.3) is 10.1 Å². The van der Waals surface area contributed by atoms with Crippen molar-refractivity contribution >= 4 is 38.2 Å². The lowest BCUT2D eigenvalue weighted by Crippen LogP contribution is -2.08. The Morgan fingerprint density at radius 3 is 2.24 bits per heavy atom. The predicted molar refractivity (Wildman–Crippen MR) is 105 cm³/mol. The molecule has 0 saturated carbocycles. The van der Waals surface area contributed by atoms with E-state index in [0.717, 1.165) is 29.1 Å². The number of aromatic nitrogens is 1. The van der Waals surface area contributed by atoms with Crippen molar-refractivity contribution in [2.75, 3.05) is 12.8 Å². The first kappa shape index (κ1) is 22.9. The minimum absolute atomic E-state index is 0.275. The molecule has 0 radical (unpaired) electrons. The van der Waals surface area contributed by atoms with Crippen molar-refractivity contribution in [2.45, 2.75) is 11.1 Å². The summed E-state index contributed by atoms with van der Waals surface area (Å²) in [6, 6.07) is 9.56. The van der Waals surface area contributed by atoms with Crippen LogP contribution in [0, 0.1) is 0 Å². The number of methoxy groups -OCH3 is 1. The molecule has 0 aliphatic rings. The number of rotatable bonds is 3. The minimum atomic E-state index is -4.77. The van der Waals surface area contributed by atoms with Gasteiger partial charge in [0.15, 0.2) is 5.13 Å². The summed E-state index contributed by atoms with van der Waals surface area (Å²) < 4.78 is 71.5. The monoisotopic (exact) mass is 466 g/mol. The maximum absolute atomic E-state index is 12.3. The van der Waals surface area contributed by atoms with Crippen LogP contribution >= 0.6 is 22.9 Å². The van der Waals surface area contributed by atoms with Crippen molar-refractivity contribution in [3.63, 3.8) is 0 Å². The molecule has 12 heteroatoms. The molecule has 3 rings (SSSR count). The molecule has 0 spiro atoms. The summed E-state index contributed by atoms with van der Waals surface area (Å²) in [7, 11) is -3.01. The average Bonchev–Trinajstić information content (AvgIpc) is 3.07. The first-order chi connectivity index (χ1) is 13.4. The van der Waals surface area contributed by atoms with Crippen LogP contribution in [0.15, 0.2) is 52.7 Å². The summed E-state index contributed by atoms with van der Waals surface area (Å²) in [6.45, 7) is 0. The van der Waals surface area contributed by atoms with Gasteiger partial charge in [0.2, 0.25) is 0 Å². The second-order valence-corrected chi connectivity index (χ2v) is 8.13. The third kappa shape index (κ3) is 6.32. The number of nitrogens with zero attached hydrogens (tertiary/aromatic N) is 1. The standard InChI is InChI=1S/C10H10N2OS.C7H4ClF3O3S/c1-13-8-4-2-7(3-5-8)9-6-14-10(11)12-9;8-6-2-1-4(15(12,13)14)3-5(6)7(9,10)11/h2-6H,1H3,(H2,11,12);1-3H,(H,12,13,14). The number of anilines is 1. The molecule has 3 aromatic rings. The van der Waals surface area contributed by atoms with E-state index in [1.807, 2.05) is 29.6 Å². The zero-order chi connectivity index (χ0) is 21.8. The van der Waals surface area contributed by atoms with Crippen molar-refractivity contribution in [2.24, 2.45) is 0 Å². The molecule has 0 fully saturated rings. The molecule has 0 unspecified atom stereocenters. The summed E-state index contributed by atoms with van der Waals surface area (Å²) in [5.41, 5.74) is 6.22. The zero-order valence-corrected chi connectivity index (χ0v) is 17.0. The number of nitrogen functional groups attached to an aromatic ring is 1. The van der Waals surface area contributed by atoms with Crippen molar-refractivity contribution in [1.29, 1.82) is 0 Å². The van der Waals surface area contributed by atoms with Gasteiger partial charge in [0.05, 0.1) is 28.3 Å². The van der Waals surface area contributed by atoms with Gasteiger partial charge in [-0.1, -0.05) is 11.6 Å². The van der Waals surface area contributed by atoms with E-state index in [2.05, 4.69) is 4.98 Å². The van der Waals surface area contributed by atoms with Crippen LogP contribution in [0.25, 0.3) is 11.3 Å². The van der Waals surface area contributed by atoms with Crippen LogP contribution < -0.4 is 10.5 Å². The molecule has 3 N–H and O–H groups in total. The molecule has 0 saturated heterocycles. The summed E-state index contributed by atoms with van der Waals surface area (Å²) in [6.07, 6.45) is -4.77. The second-order valence-electron chi connectivity index (χ2n) is 5.41. The van der Waals surface area contributed by atoms with Crippen LogP contribution in [-0.2, 0) is 16.3 Å². The second kappa shape index (κ2) is 8.99.